The molecule has 0 atom stereocenters. The molecule has 3 aromatic rings. The van der Waals surface area contributed by atoms with E-state index in [1.807, 2.05) is 49.4 Å². The van der Waals surface area contributed by atoms with Crippen molar-refractivity contribution in [2.45, 2.75) is 6.92 Å². The first kappa shape index (κ1) is 17.2. The molecule has 0 aliphatic heterocycles. The van der Waals surface area contributed by atoms with Crippen molar-refractivity contribution in [1.29, 1.82) is 0 Å². The minimum atomic E-state index is -0.0515. The molecule has 3 rings (SSSR count). The molecule has 0 aliphatic rings. The molecule has 0 fully saturated rings. The number of carbonyl (C=O) groups is 1. The van der Waals surface area contributed by atoms with Gasteiger partial charge in [0.25, 0.3) is 5.91 Å². The van der Waals surface area contributed by atoms with Crippen LogP contribution in [0.3, 0.4) is 0 Å². The summed E-state index contributed by atoms with van der Waals surface area (Å²) in [5.41, 5.74) is 2.58. The van der Waals surface area contributed by atoms with Crippen molar-refractivity contribution in [3.63, 3.8) is 0 Å². The lowest BCUT2D eigenvalue weighted by Gasteiger charge is -2.18. The topological polar surface area (TPSA) is 42.4 Å². The second kappa shape index (κ2) is 7.53. The highest BCUT2D eigenvalue weighted by molar-refractivity contribution is 6.29. The summed E-state index contributed by atoms with van der Waals surface area (Å²) in [7, 11) is 1.77. The molecule has 1 amide bonds. The van der Waals surface area contributed by atoms with E-state index in [1.54, 1.807) is 24.1 Å². The summed E-state index contributed by atoms with van der Waals surface area (Å²) in [5.74, 6) is 0.754. The number of carbonyl (C=O) groups excluding carboxylic acids is 1. The van der Waals surface area contributed by atoms with Crippen LogP contribution in [0, 0.1) is 6.92 Å². The number of fused-ring (bicyclic) bond motifs is 1. The zero-order chi connectivity index (χ0) is 17.8. The molecule has 5 heteroatoms. The quantitative estimate of drug-likeness (QED) is 0.640. The highest BCUT2D eigenvalue weighted by atomic mass is 35.5. The maximum Gasteiger partial charge on any atom is 0.253 e. The Balaban J connectivity index is 1.61. The number of amides is 1. The third-order valence-corrected chi connectivity index (χ3v) is 4.18. The SMILES string of the molecule is Cc1ccc(OCCN(C)C(=O)c2ccc3nc(Cl)ccc3c2)cc1. The molecular weight excluding hydrogens is 336 g/mol. The van der Waals surface area contributed by atoms with Crippen LogP contribution in [0.5, 0.6) is 5.75 Å². The van der Waals surface area contributed by atoms with Crippen LogP contribution in [-0.4, -0.2) is 36.0 Å². The van der Waals surface area contributed by atoms with E-state index in [0.29, 0.717) is 23.9 Å². The first-order valence-corrected chi connectivity index (χ1v) is 8.42. The average Bonchev–Trinajstić information content (AvgIpc) is 2.62. The molecule has 0 spiro atoms. The number of rotatable bonds is 5. The van der Waals surface area contributed by atoms with Gasteiger partial charge in [0.1, 0.15) is 17.5 Å². The lowest BCUT2D eigenvalue weighted by Crippen LogP contribution is -2.30. The molecule has 0 unspecified atom stereocenters. The molecule has 0 saturated heterocycles. The van der Waals surface area contributed by atoms with E-state index in [0.717, 1.165) is 16.7 Å². The van der Waals surface area contributed by atoms with Crippen LogP contribution < -0.4 is 4.74 Å². The first-order chi connectivity index (χ1) is 12.0. The van der Waals surface area contributed by atoms with E-state index in [9.17, 15) is 4.79 Å². The summed E-state index contributed by atoms with van der Waals surface area (Å²) in [6.07, 6.45) is 0. The fourth-order valence-corrected chi connectivity index (χ4v) is 2.64. The van der Waals surface area contributed by atoms with Crippen molar-refractivity contribution in [1.82, 2.24) is 9.88 Å². The van der Waals surface area contributed by atoms with E-state index in [-0.39, 0.29) is 5.91 Å². The summed E-state index contributed by atoms with van der Waals surface area (Å²) in [6, 6.07) is 16.9. The van der Waals surface area contributed by atoms with Crippen LogP contribution in [0.4, 0.5) is 0 Å². The van der Waals surface area contributed by atoms with Gasteiger partial charge in [-0.15, -0.1) is 0 Å². The maximum atomic E-state index is 12.6. The van der Waals surface area contributed by atoms with Crippen LogP contribution in [-0.2, 0) is 0 Å². The lowest BCUT2D eigenvalue weighted by atomic mass is 10.1. The normalized spacial score (nSPS) is 10.7. The highest BCUT2D eigenvalue weighted by Gasteiger charge is 2.12. The van der Waals surface area contributed by atoms with E-state index >= 15 is 0 Å². The van der Waals surface area contributed by atoms with Gasteiger partial charge in [-0.25, -0.2) is 4.98 Å². The van der Waals surface area contributed by atoms with Crippen molar-refractivity contribution in [3.05, 3.63) is 70.9 Å². The molecule has 1 heterocycles. The standard InChI is InChI=1S/C20H19ClN2O2/c1-14-3-7-17(8-4-14)25-12-11-23(2)20(24)16-5-9-18-15(13-16)6-10-19(21)22-18/h3-10,13H,11-12H2,1-2H3. The largest absolute Gasteiger partial charge is 0.492 e. The Kier molecular flexibility index (Phi) is 5.19. The second-order valence-corrected chi connectivity index (χ2v) is 6.32. The van der Waals surface area contributed by atoms with Crippen LogP contribution >= 0.6 is 11.6 Å². The van der Waals surface area contributed by atoms with Crippen molar-refractivity contribution in [3.8, 4) is 5.75 Å². The van der Waals surface area contributed by atoms with E-state index in [2.05, 4.69) is 4.98 Å². The van der Waals surface area contributed by atoms with Crippen LogP contribution in [0.1, 0.15) is 15.9 Å². The Morgan fingerprint density at radius 2 is 1.88 bits per heavy atom. The van der Waals surface area contributed by atoms with Gasteiger partial charge in [0.2, 0.25) is 0 Å². The third kappa shape index (κ3) is 4.28. The van der Waals surface area contributed by atoms with Gasteiger partial charge in [-0.05, 0) is 49.4 Å². The first-order valence-electron chi connectivity index (χ1n) is 8.04. The third-order valence-electron chi connectivity index (χ3n) is 3.97. The van der Waals surface area contributed by atoms with Gasteiger partial charge in [-0.1, -0.05) is 29.3 Å². The maximum absolute atomic E-state index is 12.6. The monoisotopic (exact) mass is 354 g/mol. The van der Waals surface area contributed by atoms with E-state index in [1.165, 1.54) is 5.56 Å². The number of hydrogen-bond donors (Lipinski definition) is 0. The molecule has 2 aromatic carbocycles. The highest BCUT2D eigenvalue weighted by Crippen LogP contribution is 2.18. The Morgan fingerprint density at radius 1 is 1.12 bits per heavy atom. The van der Waals surface area contributed by atoms with Gasteiger partial charge in [0.15, 0.2) is 0 Å². The van der Waals surface area contributed by atoms with E-state index < -0.39 is 0 Å². The fraction of sp³-hybridized carbons (Fsp3) is 0.200. The lowest BCUT2D eigenvalue weighted by molar-refractivity contribution is 0.0774. The Bertz CT molecular complexity index is 894. The number of benzene rings is 2. The summed E-state index contributed by atoms with van der Waals surface area (Å²) in [4.78, 5) is 18.4. The van der Waals surface area contributed by atoms with E-state index in [4.69, 9.17) is 16.3 Å². The number of aryl methyl sites for hydroxylation is 1. The molecule has 128 valence electrons. The second-order valence-electron chi connectivity index (χ2n) is 5.93. The predicted molar refractivity (Wildman–Crippen MR) is 100 cm³/mol. The summed E-state index contributed by atoms with van der Waals surface area (Å²) in [5, 5.41) is 1.33. The van der Waals surface area contributed by atoms with Crippen LogP contribution in [0.2, 0.25) is 5.15 Å². The van der Waals surface area contributed by atoms with Crippen LogP contribution in [0.15, 0.2) is 54.6 Å². The molecule has 0 saturated carbocycles. The van der Waals surface area contributed by atoms with Gasteiger partial charge < -0.3 is 9.64 Å². The van der Waals surface area contributed by atoms with Crippen molar-refractivity contribution in [2.75, 3.05) is 20.2 Å². The smallest absolute Gasteiger partial charge is 0.253 e. The number of likely N-dealkylation sites (N-methyl/N-ethyl adjacent to an activating group) is 1. The van der Waals surface area contributed by atoms with Gasteiger partial charge in [0, 0.05) is 18.0 Å². The van der Waals surface area contributed by atoms with Gasteiger partial charge in [-0.3, -0.25) is 4.79 Å². The molecule has 0 bridgehead atoms. The number of aromatic nitrogens is 1. The predicted octanol–water partition coefficient (Wildman–Crippen LogP) is 4.35. The number of hydrogen-bond acceptors (Lipinski definition) is 3. The molecular formula is C20H19ClN2O2. The molecule has 0 radical (unpaired) electrons. The summed E-state index contributed by atoms with van der Waals surface area (Å²) in [6.45, 7) is 2.98. The Hall–Kier alpha value is -2.59. The van der Waals surface area contributed by atoms with Gasteiger partial charge >= 0.3 is 0 Å². The molecule has 1 aromatic heterocycles. The number of halogens is 1. The minimum Gasteiger partial charge on any atom is -0.492 e. The van der Waals surface area contributed by atoms with Crippen molar-refractivity contribution in [2.24, 2.45) is 0 Å². The number of nitrogens with zero attached hydrogens (tertiary/aromatic N) is 2. The van der Waals surface area contributed by atoms with Crippen molar-refractivity contribution < 1.29 is 9.53 Å². The fourth-order valence-electron chi connectivity index (χ4n) is 2.49. The minimum absolute atomic E-state index is 0.0515. The molecule has 25 heavy (non-hydrogen) atoms. The summed E-state index contributed by atoms with van der Waals surface area (Å²) < 4.78 is 5.68. The molecule has 0 N–H and O–H groups in total. The van der Waals surface area contributed by atoms with Crippen LogP contribution in [0.25, 0.3) is 10.9 Å². The molecule has 4 nitrogen and oxygen atoms in total. The number of ether oxygens (including phenoxy) is 1. The Labute approximate surface area is 152 Å². The average molecular weight is 355 g/mol. The van der Waals surface area contributed by atoms with Crippen molar-refractivity contribution >= 4 is 28.4 Å². The number of pyridine rings is 1. The van der Waals surface area contributed by atoms with Gasteiger partial charge in [0.05, 0.1) is 12.1 Å². The Morgan fingerprint density at radius 3 is 2.64 bits per heavy atom. The molecule has 0 aliphatic carbocycles. The zero-order valence-corrected chi connectivity index (χ0v) is 15.0. The van der Waals surface area contributed by atoms with Gasteiger partial charge in [-0.2, -0.15) is 0 Å². The summed E-state index contributed by atoms with van der Waals surface area (Å²) >= 11 is 5.89. The zero-order valence-electron chi connectivity index (χ0n) is 14.2.